The SMILES string of the molecule is CCC1(OC(=O)CNC(=O)OC(C)(C)C)C(=O)OCc2c1cc1n(c2=O)Cc2c-1nc1ccc(NC(=O)OC(C)(C)C)cc1c2[Si](C)(C)C(C)C. The molecule has 0 radical (unpaired) electrons. The number of benzene rings is 1. The molecule has 51 heavy (non-hydrogen) atoms. The molecule has 1 aromatic carbocycles. The van der Waals surface area contributed by atoms with Gasteiger partial charge < -0.3 is 28.8 Å². The number of aromatic nitrogens is 2. The van der Waals surface area contributed by atoms with Gasteiger partial charge in [-0.3, -0.25) is 14.9 Å². The maximum atomic E-state index is 14.3. The second kappa shape index (κ2) is 13.1. The summed E-state index contributed by atoms with van der Waals surface area (Å²) in [4.78, 5) is 70.8. The molecular weight excluding hydrogens is 673 g/mol. The van der Waals surface area contributed by atoms with Gasteiger partial charge in [0.15, 0.2) is 0 Å². The first-order valence-electron chi connectivity index (χ1n) is 17.2. The van der Waals surface area contributed by atoms with E-state index in [9.17, 15) is 24.0 Å². The van der Waals surface area contributed by atoms with Crippen molar-refractivity contribution in [2.24, 2.45) is 0 Å². The molecule has 2 amide bonds. The number of carbonyl (C=O) groups excluding carboxylic acids is 4. The van der Waals surface area contributed by atoms with E-state index in [1.807, 2.05) is 12.1 Å². The summed E-state index contributed by atoms with van der Waals surface area (Å²) in [6, 6.07) is 7.22. The monoisotopic (exact) mass is 720 g/mol. The van der Waals surface area contributed by atoms with Gasteiger partial charge in [0.05, 0.1) is 37.1 Å². The molecule has 5 rings (SSSR count). The van der Waals surface area contributed by atoms with Crippen LogP contribution in [0.2, 0.25) is 18.6 Å². The minimum absolute atomic E-state index is 0.0239. The number of ether oxygens (including phenoxy) is 4. The number of pyridine rings is 2. The van der Waals surface area contributed by atoms with Gasteiger partial charge in [-0.25, -0.2) is 19.4 Å². The maximum absolute atomic E-state index is 14.3. The van der Waals surface area contributed by atoms with E-state index in [0.717, 1.165) is 16.1 Å². The molecule has 274 valence electrons. The zero-order valence-electron chi connectivity index (χ0n) is 31.3. The number of nitrogens with one attached hydrogen (secondary N) is 2. The van der Waals surface area contributed by atoms with Gasteiger partial charge in [-0.1, -0.05) is 33.9 Å². The predicted octanol–water partition coefficient (Wildman–Crippen LogP) is 5.83. The van der Waals surface area contributed by atoms with Crippen LogP contribution in [-0.2, 0) is 47.3 Å². The van der Waals surface area contributed by atoms with Crippen LogP contribution in [0, 0.1) is 0 Å². The Morgan fingerprint density at radius 1 is 1.00 bits per heavy atom. The Kier molecular flexibility index (Phi) is 9.65. The maximum Gasteiger partial charge on any atom is 0.412 e. The molecule has 14 heteroatoms. The van der Waals surface area contributed by atoms with Crippen molar-refractivity contribution in [3.8, 4) is 11.4 Å². The largest absolute Gasteiger partial charge is 0.457 e. The Hall–Kier alpha value is -4.72. The Morgan fingerprint density at radius 3 is 2.25 bits per heavy atom. The molecule has 3 aromatic rings. The number of nitrogens with zero attached hydrogens (tertiary/aromatic N) is 2. The Labute approximate surface area is 298 Å². The fraction of sp³-hybridized carbons (Fsp3) is 0.514. The predicted molar refractivity (Wildman–Crippen MR) is 195 cm³/mol. The zero-order chi connectivity index (χ0) is 37.8. The molecule has 2 aliphatic heterocycles. The van der Waals surface area contributed by atoms with Crippen LogP contribution in [0.4, 0.5) is 15.3 Å². The Bertz CT molecular complexity index is 2010. The molecule has 0 aliphatic carbocycles. The molecule has 2 aromatic heterocycles. The summed E-state index contributed by atoms with van der Waals surface area (Å²) < 4.78 is 23.6. The van der Waals surface area contributed by atoms with E-state index in [1.165, 1.54) is 0 Å². The standard InChI is InChI=1S/C37H48N4O9Si/c1-12-37(48-28(42)17-38-33(45)49-35(4,5)6)25-16-27-29-23(18-41(27)31(43)24(25)19-47-32(37)44)30(51(10,11)20(2)3)22-15-21(13-14-26(22)40-29)39-34(46)50-36(7,8)9/h13-16,20H,12,17-19H2,1-11H3,(H,38,45)(H,39,46). The molecule has 2 aliphatic rings. The lowest BCUT2D eigenvalue weighted by Gasteiger charge is -2.35. The van der Waals surface area contributed by atoms with Crippen molar-refractivity contribution in [2.45, 2.75) is 117 Å². The van der Waals surface area contributed by atoms with Crippen molar-refractivity contribution in [3.63, 3.8) is 0 Å². The molecule has 13 nitrogen and oxygen atoms in total. The zero-order valence-corrected chi connectivity index (χ0v) is 32.3. The van der Waals surface area contributed by atoms with Crippen LogP contribution in [0.15, 0.2) is 29.1 Å². The highest BCUT2D eigenvalue weighted by Gasteiger charge is 2.51. The van der Waals surface area contributed by atoms with Crippen LogP contribution in [-0.4, -0.2) is 59.5 Å². The Morgan fingerprint density at radius 2 is 1.65 bits per heavy atom. The molecular formula is C37H48N4O9Si. The highest BCUT2D eigenvalue weighted by Crippen LogP contribution is 2.42. The minimum Gasteiger partial charge on any atom is -0.457 e. The average molecular weight is 721 g/mol. The first-order chi connectivity index (χ1) is 23.6. The number of rotatable bonds is 7. The number of cyclic esters (lactones) is 1. The van der Waals surface area contributed by atoms with Crippen LogP contribution in [0.1, 0.15) is 85.4 Å². The molecule has 0 fully saturated rings. The van der Waals surface area contributed by atoms with E-state index in [1.54, 1.807) is 65.2 Å². The first-order valence-corrected chi connectivity index (χ1v) is 20.3. The van der Waals surface area contributed by atoms with Crippen molar-refractivity contribution in [3.05, 3.63) is 51.3 Å². The lowest BCUT2D eigenvalue weighted by molar-refractivity contribution is -0.188. The molecule has 0 saturated heterocycles. The van der Waals surface area contributed by atoms with E-state index >= 15 is 0 Å². The third-order valence-corrected chi connectivity index (χ3v) is 14.2. The summed E-state index contributed by atoms with van der Waals surface area (Å²) in [5.41, 5.74) is 0.228. The van der Waals surface area contributed by atoms with Crippen molar-refractivity contribution < 1.29 is 38.1 Å². The summed E-state index contributed by atoms with van der Waals surface area (Å²) in [6.45, 7) is 20.4. The van der Waals surface area contributed by atoms with Crippen molar-refractivity contribution >= 4 is 54.0 Å². The molecule has 0 bridgehead atoms. The molecule has 1 atom stereocenters. The molecule has 0 spiro atoms. The number of amides is 2. The lowest BCUT2D eigenvalue weighted by Crippen LogP contribution is -2.49. The van der Waals surface area contributed by atoms with Gasteiger partial charge in [-0.15, -0.1) is 0 Å². The van der Waals surface area contributed by atoms with Gasteiger partial charge in [0.25, 0.3) is 5.56 Å². The van der Waals surface area contributed by atoms with E-state index in [2.05, 4.69) is 37.6 Å². The van der Waals surface area contributed by atoms with Gasteiger partial charge in [0.2, 0.25) is 5.60 Å². The number of esters is 2. The second-order valence-corrected chi connectivity index (χ2v) is 21.0. The topological polar surface area (TPSA) is 164 Å². The first kappa shape index (κ1) is 37.5. The molecule has 4 heterocycles. The fourth-order valence-corrected chi connectivity index (χ4v) is 8.90. The second-order valence-electron chi connectivity index (χ2n) is 15.9. The fourth-order valence-electron chi connectivity index (χ4n) is 6.45. The van der Waals surface area contributed by atoms with Gasteiger partial charge in [0, 0.05) is 16.6 Å². The van der Waals surface area contributed by atoms with Crippen molar-refractivity contribution in [2.75, 3.05) is 11.9 Å². The normalized spacial score (nSPS) is 16.9. The Balaban J connectivity index is 1.62. The summed E-state index contributed by atoms with van der Waals surface area (Å²) in [7, 11) is -2.26. The molecule has 0 saturated carbocycles. The smallest absolute Gasteiger partial charge is 0.412 e. The van der Waals surface area contributed by atoms with Gasteiger partial charge in [-0.2, -0.15) is 0 Å². The summed E-state index contributed by atoms with van der Waals surface area (Å²) in [6.07, 6.45) is -1.41. The summed E-state index contributed by atoms with van der Waals surface area (Å²) in [5.74, 6) is -1.71. The van der Waals surface area contributed by atoms with Crippen LogP contribution < -0.4 is 21.4 Å². The van der Waals surface area contributed by atoms with E-state index in [4.69, 9.17) is 23.9 Å². The number of carbonyl (C=O) groups is 4. The quantitative estimate of drug-likeness (QED) is 0.135. The van der Waals surface area contributed by atoms with Crippen LogP contribution >= 0.6 is 0 Å². The number of alkyl carbamates (subject to hydrolysis) is 1. The number of hydrogen-bond acceptors (Lipinski definition) is 10. The summed E-state index contributed by atoms with van der Waals surface area (Å²) >= 11 is 0. The van der Waals surface area contributed by atoms with Crippen LogP contribution in [0.25, 0.3) is 22.3 Å². The minimum atomic E-state index is -2.26. The van der Waals surface area contributed by atoms with Gasteiger partial charge in [0.1, 0.15) is 24.4 Å². The summed E-state index contributed by atoms with van der Waals surface area (Å²) in [5, 5.41) is 7.19. The van der Waals surface area contributed by atoms with E-state index in [0.29, 0.717) is 28.1 Å². The van der Waals surface area contributed by atoms with Crippen molar-refractivity contribution in [1.82, 2.24) is 14.9 Å². The highest BCUT2D eigenvalue weighted by molar-refractivity contribution is 6.92. The number of anilines is 1. The van der Waals surface area contributed by atoms with E-state index in [-0.39, 0.29) is 36.3 Å². The lowest BCUT2D eigenvalue weighted by atomic mass is 9.85. The number of fused-ring (bicyclic) bond motifs is 5. The average Bonchev–Trinajstić information content (AvgIpc) is 3.36. The van der Waals surface area contributed by atoms with Gasteiger partial charge in [-0.05, 0) is 88.5 Å². The number of hydrogen-bond donors (Lipinski definition) is 2. The van der Waals surface area contributed by atoms with E-state index < -0.39 is 55.5 Å². The van der Waals surface area contributed by atoms with Crippen LogP contribution in [0.3, 0.4) is 0 Å². The third kappa shape index (κ3) is 7.23. The molecule has 2 N–H and O–H groups in total. The van der Waals surface area contributed by atoms with Crippen LogP contribution in [0.5, 0.6) is 0 Å². The molecule has 1 unspecified atom stereocenters. The highest BCUT2D eigenvalue weighted by atomic mass is 28.3. The van der Waals surface area contributed by atoms with Crippen molar-refractivity contribution in [1.29, 1.82) is 0 Å². The van der Waals surface area contributed by atoms with Gasteiger partial charge >= 0.3 is 24.1 Å². The third-order valence-electron chi connectivity index (χ3n) is 9.45.